The van der Waals surface area contributed by atoms with Gasteiger partial charge in [-0.2, -0.15) is 0 Å². The van der Waals surface area contributed by atoms with E-state index >= 15 is 0 Å². The lowest BCUT2D eigenvalue weighted by Gasteiger charge is -2.36. The lowest BCUT2D eigenvalue weighted by Crippen LogP contribution is -2.49. The summed E-state index contributed by atoms with van der Waals surface area (Å²) in [6, 6.07) is 12.3. The van der Waals surface area contributed by atoms with Crippen molar-refractivity contribution in [2.24, 2.45) is 0 Å². The van der Waals surface area contributed by atoms with Crippen LogP contribution in [0.25, 0.3) is 11.0 Å². The first kappa shape index (κ1) is 28.1. The summed E-state index contributed by atoms with van der Waals surface area (Å²) in [7, 11) is 7.26. The van der Waals surface area contributed by atoms with Crippen molar-refractivity contribution >= 4 is 45.1 Å². The van der Waals surface area contributed by atoms with Crippen molar-refractivity contribution in [3.63, 3.8) is 0 Å². The van der Waals surface area contributed by atoms with Gasteiger partial charge in [0, 0.05) is 90.0 Å². The van der Waals surface area contributed by atoms with Crippen LogP contribution >= 0.6 is 0 Å². The summed E-state index contributed by atoms with van der Waals surface area (Å²) >= 11 is -1.12. The van der Waals surface area contributed by atoms with E-state index in [-0.39, 0.29) is 11.2 Å². The molecule has 0 spiro atoms. The Bertz CT molecular complexity index is 1440. The number of piperazine rings is 2. The molecule has 0 radical (unpaired) electrons. The van der Waals surface area contributed by atoms with E-state index in [9.17, 15) is 13.8 Å². The molecule has 1 atom stereocenters. The maximum Gasteiger partial charge on any atom is 0.291 e. The van der Waals surface area contributed by atoms with Crippen molar-refractivity contribution in [3.8, 4) is 5.75 Å². The Morgan fingerprint density at radius 3 is 2.23 bits per heavy atom. The molecule has 40 heavy (non-hydrogen) atoms. The Morgan fingerprint density at radius 2 is 1.60 bits per heavy atom. The summed E-state index contributed by atoms with van der Waals surface area (Å²) in [5, 5.41) is 3.23. The number of anilines is 3. The van der Waals surface area contributed by atoms with E-state index in [1.165, 1.54) is 6.07 Å². The van der Waals surface area contributed by atoms with Gasteiger partial charge in [-0.1, -0.05) is 0 Å². The topological polar surface area (TPSA) is 102 Å². The predicted octanol–water partition coefficient (Wildman–Crippen LogP) is 2.07. The standard InChI is InChI=1S/C28H36N6O5S/c1-30(2)40(37)34-15-13-32(14-16-34)21-7-5-20(6-8-21)29-28(36)26-19-25(35)23-17-22(38-4)18-24(27(23)39-26)33-11-9-31(3)10-12-33/h5-8,17-19H,9-16H2,1-4H3,(H,29,36). The number of carbonyl (C=O) groups is 1. The van der Waals surface area contributed by atoms with Gasteiger partial charge in [-0.05, 0) is 37.4 Å². The van der Waals surface area contributed by atoms with Gasteiger partial charge in [0.15, 0.2) is 27.9 Å². The number of rotatable bonds is 7. The third kappa shape index (κ3) is 5.99. The lowest BCUT2D eigenvalue weighted by atomic mass is 10.1. The molecule has 2 aliphatic rings. The van der Waals surface area contributed by atoms with E-state index in [0.717, 1.165) is 50.6 Å². The van der Waals surface area contributed by atoms with E-state index in [1.54, 1.807) is 17.5 Å². The van der Waals surface area contributed by atoms with Gasteiger partial charge < -0.3 is 29.2 Å². The fourth-order valence-electron chi connectivity index (χ4n) is 5.01. The molecular formula is C28H36N6O5S. The number of benzene rings is 2. The maximum absolute atomic E-state index is 13.2. The molecule has 214 valence electrons. The summed E-state index contributed by atoms with van der Waals surface area (Å²) in [6.07, 6.45) is 0. The number of hydrogen-bond acceptors (Lipinski definition) is 8. The minimum atomic E-state index is -1.12. The Kier molecular flexibility index (Phi) is 8.40. The highest BCUT2D eigenvalue weighted by Crippen LogP contribution is 2.32. The quantitative estimate of drug-likeness (QED) is 0.462. The Balaban J connectivity index is 1.32. The highest BCUT2D eigenvalue weighted by molar-refractivity contribution is 7.80. The van der Waals surface area contributed by atoms with Crippen LogP contribution in [0.5, 0.6) is 5.75 Å². The van der Waals surface area contributed by atoms with Gasteiger partial charge in [-0.15, -0.1) is 0 Å². The second-order valence-electron chi connectivity index (χ2n) is 10.2. The molecule has 2 fully saturated rings. The highest BCUT2D eigenvalue weighted by atomic mass is 32.2. The van der Waals surface area contributed by atoms with Crippen molar-refractivity contribution in [1.82, 2.24) is 13.5 Å². The third-order valence-corrected chi connectivity index (χ3v) is 8.78. The molecule has 2 aromatic carbocycles. The molecule has 3 heterocycles. The Labute approximate surface area is 236 Å². The molecule has 0 bridgehead atoms. The first-order valence-corrected chi connectivity index (χ1v) is 14.4. The van der Waals surface area contributed by atoms with Crippen molar-refractivity contribution in [3.05, 3.63) is 58.4 Å². The van der Waals surface area contributed by atoms with E-state index in [4.69, 9.17) is 9.15 Å². The van der Waals surface area contributed by atoms with Gasteiger partial charge in [0.1, 0.15) is 5.75 Å². The maximum atomic E-state index is 13.2. The zero-order chi connectivity index (χ0) is 28.4. The van der Waals surface area contributed by atoms with Crippen LogP contribution < -0.4 is 25.3 Å². The molecule has 0 aliphatic carbocycles. The lowest BCUT2D eigenvalue weighted by molar-refractivity contribution is 0.0997. The fraction of sp³-hybridized carbons (Fsp3) is 0.429. The summed E-state index contributed by atoms with van der Waals surface area (Å²) in [4.78, 5) is 32.9. The molecule has 2 aliphatic heterocycles. The number of methoxy groups -OCH3 is 1. The molecule has 3 aromatic rings. The summed E-state index contributed by atoms with van der Waals surface area (Å²) in [6.45, 7) is 6.22. The number of hydrogen-bond donors (Lipinski definition) is 1. The minimum absolute atomic E-state index is 0.0489. The smallest absolute Gasteiger partial charge is 0.291 e. The number of nitrogens with one attached hydrogen (secondary N) is 1. The number of amides is 1. The van der Waals surface area contributed by atoms with E-state index in [0.29, 0.717) is 35.5 Å². The van der Waals surface area contributed by atoms with E-state index in [1.807, 2.05) is 48.7 Å². The van der Waals surface area contributed by atoms with Gasteiger partial charge >= 0.3 is 0 Å². The SMILES string of the molecule is COc1cc(N2CCN(C)CC2)c2oc(C(=O)Nc3ccc(N4CCN(S(=O)N(C)C)CC4)cc3)cc(=O)c2c1. The largest absolute Gasteiger partial charge is 0.497 e. The van der Waals surface area contributed by atoms with Gasteiger partial charge in [0.05, 0.1) is 18.2 Å². The van der Waals surface area contributed by atoms with Crippen LogP contribution in [-0.4, -0.2) is 104 Å². The van der Waals surface area contributed by atoms with Crippen LogP contribution in [0.3, 0.4) is 0 Å². The Morgan fingerprint density at radius 1 is 0.950 bits per heavy atom. The average molecular weight is 569 g/mol. The van der Waals surface area contributed by atoms with Crippen LogP contribution in [0.15, 0.2) is 51.7 Å². The Hall–Kier alpha value is -3.45. The number of likely N-dealkylation sites (N-methyl/N-ethyl adjacent to an activating group) is 1. The summed E-state index contributed by atoms with van der Waals surface area (Å²) in [5.74, 6) is 0.0252. The van der Waals surface area contributed by atoms with Crippen molar-refractivity contribution in [2.45, 2.75) is 0 Å². The fourth-order valence-corrected chi connectivity index (χ4v) is 5.95. The zero-order valence-electron chi connectivity index (χ0n) is 23.4. The molecule has 1 aromatic heterocycles. The molecular weight excluding hydrogens is 532 g/mol. The highest BCUT2D eigenvalue weighted by Gasteiger charge is 2.24. The van der Waals surface area contributed by atoms with Crippen LogP contribution in [-0.2, 0) is 11.2 Å². The first-order valence-electron chi connectivity index (χ1n) is 13.3. The van der Waals surface area contributed by atoms with Crippen LogP contribution in [0, 0.1) is 0 Å². The van der Waals surface area contributed by atoms with Gasteiger partial charge in [0.2, 0.25) is 0 Å². The molecule has 1 amide bonds. The first-order chi connectivity index (χ1) is 19.2. The molecule has 1 N–H and O–H groups in total. The van der Waals surface area contributed by atoms with Gasteiger partial charge in [0.25, 0.3) is 5.91 Å². The van der Waals surface area contributed by atoms with E-state index < -0.39 is 17.1 Å². The third-order valence-electron chi connectivity index (χ3n) is 7.35. The van der Waals surface area contributed by atoms with Crippen LogP contribution in [0.4, 0.5) is 17.1 Å². The average Bonchev–Trinajstić information content (AvgIpc) is 2.97. The van der Waals surface area contributed by atoms with Gasteiger partial charge in [-0.25, -0.2) is 12.8 Å². The van der Waals surface area contributed by atoms with Crippen molar-refractivity contribution < 1.29 is 18.2 Å². The van der Waals surface area contributed by atoms with Gasteiger partial charge in [-0.3, -0.25) is 9.59 Å². The predicted molar refractivity (Wildman–Crippen MR) is 159 cm³/mol. The van der Waals surface area contributed by atoms with Crippen molar-refractivity contribution in [1.29, 1.82) is 0 Å². The monoisotopic (exact) mass is 568 g/mol. The normalized spacial score (nSPS) is 17.8. The van der Waals surface area contributed by atoms with Crippen molar-refractivity contribution in [2.75, 3.05) is 95.7 Å². The summed E-state index contributed by atoms with van der Waals surface area (Å²) < 4.78 is 27.5. The molecule has 1 unspecified atom stereocenters. The molecule has 2 saturated heterocycles. The van der Waals surface area contributed by atoms with Crippen LogP contribution in [0.1, 0.15) is 10.6 Å². The molecule has 11 nitrogen and oxygen atoms in total. The second-order valence-corrected chi connectivity index (χ2v) is 12.0. The number of fused-ring (bicyclic) bond motifs is 1. The minimum Gasteiger partial charge on any atom is -0.497 e. The summed E-state index contributed by atoms with van der Waals surface area (Å²) in [5.41, 5.74) is 2.44. The van der Waals surface area contributed by atoms with Crippen LogP contribution in [0.2, 0.25) is 0 Å². The zero-order valence-corrected chi connectivity index (χ0v) is 24.2. The number of nitrogens with zero attached hydrogens (tertiary/aromatic N) is 5. The number of carbonyl (C=O) groups excluding carboxylic acids is 1. The second kappa shape index (κ2) is 12.0. The molecule has 12 heteroatoms. The van der Waals surface area contributed by atoms with E-state index in [2.05, 4.69) is 27.1 Å². The molecule has 0 saturated carbocycles. The number of ether oxygens (including phenoxy) is 1. The molecule has 5 rings (SSSR count).